The molecule has 1 unspecified atom stereocenters. The van der Waals surface area contributed by atoms with E-state index in [2.05, 4.69) is 10.6 Å². The molecule has 0 radical (unpaired) electrons. The fraction of sp³-hybridized carbons (Fsp3) is 0.917. The van der Waals surface area contributed by atoms with Crippen LogP contribution in [-0.4, -0.2) is 55.2 Å². The Labute approximate surface area is 110 Å². The zero-order valence-electron chi connectivity index (χ0n) is 10.8. The Bertz CT molecular complexity index is 314. The summed E-state index contributed by atoms with van der Waals surface area (Å²) < 4.78 is 36.7. The van der Waals surface area contributed by atoms with E-state index >= 15 is 0 Å². The van der Waals surface area contributed by atoms with E-state index in [0.29, 0.717) is 19.5 Å². The normalized spacial score (nSPS) is 26.7. The topological polar surface area (TPSA) is 44.4 Å². The van der Waals surface area contributed by atoms with Crippen LogP contribution in [0.4, 0.5) is 13.2 Å². The van der Waals surface area contributed by atoms with Crippen LogP contribution < -0.4 is 10.6 Å². The lowest BCUT2D eigenvalue weighted by Crippen LogP contribution is -2.48. The van der Waals surface area contributed by atoms with Crippen LogP contribution in [0.5, 0.6) is 0 Å². The van der Waals surface area contributed by atoms with Crippen LogP contribution in [0.25, 0.3) is 0 Å². The quantitative estimate of drug-likeness (QED) is 0.803. The van der Waals surface area contributed by atoms with E-state index in [1.807, 2.05) is 0 Å². The number of nitrogens with zero attached hydrogens (tertiary/aromatic N) is 1. The van der Waals surface area contributed by atoms with Gasteiger partial charge in [-0.3, -0.25) is 9.69 Å². The van der Waals surface area contributed by atoms with Crippen molar-refractivity contribution in [1.82, 2.24) is 15.5 Å². The summed E-state index contributed by atoms with van der Waals surface area (Å²) in [4.78, 5) is 12.5. The molecule has 2 N–H and O–H groups in total. The van der Waals surface area contributed by atoms with Crippen molar-refractivity contribution in [3.8, 4) is 0 Å². The van der Waals surface area contributed by atoms with Gasteiger partial charge in [0.2, 0.25) is 5.91 Å². The van der Waals surface area contributed by atoms with E-state index < -0.39 is 12.7 Å². The second-order valence-electron chi connectivity index (χ2n) is 5.38. The predicted octanol–water partition coefficient (Wildman–Crippen LogP) is 0.881. The van der Waals surface area contributed by atoms with E-state index in [-0.39, 0.29) is 18.0 Å². The number of hydrogen-bond acceptors (Lipinski definition) is 3. The molecule has 0 aromatic carbocycles. The Hall–Kier alpha value is -0.820. The highest BCUT2D eigenvalue weighted by Crippen LogP contribution is 2.19. The standard InChI is InChI=1S/C12H20F3N3O/c13-12(14,15)8-18-5-3-9(4-6-18)16-7-10-1-2-11(19)17-10/h9-10,16H,1-8H2,(H,17,19). The highest BCUT2D eigenvalue weighted by Gasteiger charge is 2.32. The van der Waals surface area contributed by atoms with Crippen LogP contribution in [0.15, 0.2) is 0 Å². The van der Waals surface area contributed by atoms with E-state index in [4.69, 9.17) is 0 Å². The first kappa shape index (κ1) is 14.6. The molecule has 0 bridgehead atoms. The molecular formula is C12H20F3N3O. The fourth-order valence-corrected chi connectivity index (χ4v) is 2.69. The van der Waals surface area contributed by atoms with E-state index in [1.54, 1.807) is 0 Å². The zero-order chi connectivity index (χ0) is 13.9. The van der Waals surface area contributed by atoms with Crippen molar-refractivity contribution >= 4 is 5.91 Å². The molecule has 0 spiro atoms. The summed E-state index contributed by atoms with van der Waals surface area (Å²) in [6.45, 7) is 0.872. The van der Waals surface area contributed by atoms with Gasteiger partial charge in [-0.05, 0) is 32.4 Å². The first-order valence-corrected chi connectivity index (χ1v) is 6.74. The van der Waals surface area contributed by atoms with Gasteiger partial charge in [0.05, 0.1) is 6.54 Å². The van der Waals surface area contributed by atoms with Gasteiger partial charge in [0, 0.05) is 25.0 Å². The van der Waals surface area contributed by atoms with Crippen molar-refractivity contribution < 1.29 is 18.0 Å². The maximum atomic E-state index is 12.2. The minimum absolute atomic E-state index is 0.0896. The molecule has 1 amide bonds. The van der Waals surface area contributed by atoms with E-state index in [9.17, 15) is 18.0 Å². The second-order valence-corrected chi connectivity index (χ2v) is 5.38. The lowest BCUT2D eigenvalue weighted by Gasteiger charge is -2.33. The number of hydrogen-bond donors (Lipinski definition) is 2. The molecule has 19 heavy (non-hydrogen) atoms. The summed E-state index contributed by atoms with van der Waals surface area (Å²) in [5.41, 5.74) is 0. The molecule has 7 heteroatoms. The molecule has 1 atom stereocenters. The van der Waals surface area contributed by atoms with Crippen LogP contribution in [-0.2, 0) is 4.79 Å². The van der Waals surface area contributed by atoms with E-state index in [1.165, 1.54) is 4.90 Å². The number of amides is 1. The van der Waals surface area contributed by atoms with Crippen molar-refractivity contribution in [3.05, 3.63) is 0 Å². The van der Waals surface area contributed by atoms with Gasteiger partial charge >= 0.3 is 6.18 Å². The molecule has 2 heterocycles. The highest BCUT2D eigenvalue weighted by molar-refractivity contribution is 5.78. The third-order valence-corrected chi connectivity index (χ3v) is 3.73. The lowest BCUT2D eigenvalue weighted by atomic mass is 10.0. The number of likely N-dealkylation sites (tertiary alicyclic amines) is 1. The molecule has 4 nitrogen and oxygen atoms in total. The summed E-state index contributed by atoms with van der Waals surface area (Å²) in [5.74, 6) is 0.0896. The predicted molar refractivity (Wildman–Crippen MR) is 64.7 cm³/mol. The van der Waals surface area contributed by atoms with Gasteiger partial charge in [0.15, 0.2) is 0 Å². The minimum Gasteiger partial charge on any atom is -0.352 e. The van der Waals surface area contributed by atoms with Gasteiger partial charge in [0.1, 0.15) is 0 Å². The molecule has 0 saturated carbocycles. The van der Waals surface area contributed by atoms with Crippen molar-refractivity contribution in [2.24, 2.45) is 0 Å². The average Bonchev–Trinajstić information content (AvgIpc) is 2.72. The van der Waals surface area contributed by atoms with Crippen molar-refractivity contribution in [2.75, 3.05) is 26.2 Å². The molecule has 0 aromatic heterocycles. The Balaban J connectivity index is 1.62. The largest absolute Gasteiger partial charge is 0.401 e. The van der Waals surface area contributed by atoms with Gasteiger partial charge in [-0.15, -0.1) is 0 Å². The van der Waals surface area contributed by atoms with E-state index in [0.717, 1.165) is 25.8 Å². The SMILES string of the molecule is O=C1CCC(CNC2CCN(CC(F)(F)F)CC2)N1. The van der Waals surface area contributed by atoms with Crippen LogP contribution in [0, 0.1) is 0 Å². The number of nitrogens with one attached hydrogen (secondary N) is 2. The zero-order valence-corrected chi connectivity index (χ0v) is 10.8. The smallest absolute Gasteiger partial charge is 0.352 e. The molecule has 0 aliphatic carbocycles. The van der Waals surface area contributed by atoms with Gasteiger partial charge in [0.25, 0.3) is 0 Å². The molecule has 2 saturated heterocycles. The molecule has 2 aliphatic heterocycles. The fourth-order valence-electron chi connectivity index (χ4n) is 2.69. The third kappa shape index (κ3) is 4.99. The minimum atomic E-state index is -4.10. The molecule has 2 fully saturated rings. The van der Waals surface area contributed by atoms with Crippen molar-refractivity contribution in [3.63, 3.8) is 0 Å². The second kappa shape index (κ2) is 6.09. The number of alkyl halides is 3. The number of halogens is 3. The first-order valence-electron chi connectivity index (χ1n) is 6.74. The molecule has 2 rings (SSSR count). The van der Waals surface area contributed by atoms with Crippen molar-refractivity contribution in [1.29, 1.82) is 0 Å². The Morgan fingerprint density at radius 2 is 1.95 bits per heavy atom. The average molecular weight is 279 g/mol. The number of rotatable bonds is 4. The monoisotopic (exact) mass is 279 g/mol. The number of carbonyl (C=O) groups is 1. The molecule has 2 aliphatic rings. The van der Waals surface area contributed by atoms with Crippen molar-refractivity contribution in [2.45, 2.75) is 43.9 Å². The maximum absolute atomic E-state index is 12.2. The number of piperidine rings is 1. The molecule has 110 valence electrons. The van der Waals surface area contributed by atoms with Gasteiger partial charge in [-0.25, -0.2) is 0 Å². The first-order chi connectivity index (χ1) is 8.92. The Morgan fingerprint density at radius 3 is 2.47 bits per heavy atom. The third-order valence-electron chi connectivity index (χ3n) is 3.73. The molecule has 0 aromatic rings. The van der Waals surface area contributed by atoms with Crippen LogP contribution >= 0.6 is 0 Å². The van der Waals surface area contributed by atoms with Gasteiger partial charge < -0.3 is 10.6 Å². The Morgan fingerprint density at radius 1 is 1.26 bits per heavy atom. The van der Waals surface area contributed by atoms with Crippen LogP contribution in [0.1, 0.15) is 25.7 Å². The van der Waals surface area contributed by atoms with Crippen LogP contribution in [0.2, 0.25) is 0 Å². The van der Waals surface area contributed by atoms with Gasteiger partial charge in [-0.2, -0.15) is 13.2 Å². The Kier molecular flexibility index (Phi) is 4.67. The molecular weight excluding hydrogens is 259 g/mol. The highest BCUT2D eigenvalue weighted by atomic mass is 19.4. The summed E-state index contributed by atoms with van der Waals surface area (Å²) in [6.07, 6.45) is -1.21. The summed E-state index contributed by atoms with van der Waals surface area (Å²) in [7, 11) is 0. The van der Waals surface area contributed by atoms with Crippen LogP contribution in [0.3, 0.4) is 0 Å². The summed E-state index contributed by atoms with van der Waals surface area (Å²) in [6, 6.07) is 0.447. The summed E-state index contributed by atoms with van der Waals surface area (Å²) in [5, 5.41) is 6.22. The summed E-state index contributed by atoms with van der Waals surface area (Å²) >= 11 is 0. The van der Waals surface area contributed by atoms with Gasteiger partial charge in [-0.1, -0.05) is 0 Å². The maximum Gasteiger partial charge on any atom is 0.401 e. The number of carbonyl (C=O) groups excluding carboxylic acids is 1. The lowest BCUT2D eigenvalue weighted by molar-refractivity contribution is -0.148.